The minimum atomic E-state index is -0.0196. The fraction of sp³-hybridized carbons (Fsp3) is 0.462. The highest BCUT2D eigenvalue weighted by atomic mass is 35.5. The van der Waals surface area contributed by atoms with Gasteiger partial charge < -0.3 is 4.90 Å². The minimum Gasteiger partial charge on any atom is -0.362 e. The topological polar surface area (TPSA) is 15.6 Å². The Bertz CT molecular complexity index is 349. The van der Waals surface area contributed by atoms with Crippen molar-refractivity contribution in [1.82, 2.24) is 4.90 Å². The van der Waals surface area contributed by atoms with Crippen LogP contribution in [0.1, 0.15) is 26.3 Å². The molecule has 0 heterocycles. The van der Waals surface area contributed by atoms with E-state index >= 15 is 0 Å². The van der Waals surface area contributed by atoms with Gasteiger partial charge in [-0.05, 0) is 38.5 Å². The van der Waals surface area contributed by atoms with Gasteiger partial charge in [0.25, 0.3) is 0 Å². The molecule has 0 fully saturated rings. The Labute approximate surface area is 103 Å². The number of nitrogens with zero attached hydrogens (tertiary/aromatic N) is 2. The van der Waals surface area contributed by atoms with E-state index in [1.165, 1.54) is 5.56 Å². The first-order valence-corrected chi connectivity index (χ1v) is 5.75. The summed E-state index contributed by atoms with van der Waals surface area (Å²) in [5, 5.41) is 0.773. The molecule has 1 aromatic carbocycles. The molecule has 2 nitrogen and oxygen atoms in total. The van der Waals surface area contributed by atoms with Crippen molar-refractivity contribution in [3.8, 4) is 0 Å². The van der Waals surface area contributed by atoms with Gasteiger partial charge in [0.2, 0.25) is 0 Å². The van der Waals surface area contributed by atoms with Gasteiger partial charge in [0, 0.05) is 18.6 Å². The lowest BCUT2D eigenvalue weighted by atomic mass is 10.1. The molecular formula is C13H19ClN2. The first kappa shape index (κ1) is 13.0. The fourth-order valence-corrected chi connectivity index (χ4v) is 1.32. The Kier molecular flexibility index (Phi) is 4.36. The first-order chi connectivity index (χ1) is 7.37. The molecule has 0 aromatic heterocycles. The highest BCUT2D eigenvalue weighted by Crippen LogP contribution is 2.11. The van der Waals surface area contributed by atoms with E-state index < -0.39 is 0 Å². The molecule has 0 radical (unpaired) electrons. The maximum absolute atomic E-state index is 5.83. The molecule has 0 saturated heterocycles. The average Bonchev–Trinajstić information content (AvgIpc) is 2.18. The molecule has 88 valence electrons. The quantitative estimate of drug-likeness (QED) is 0.580. The Hall–Kier alpha value is -1.02. The van der Waals surface area contributed by atoms with Crippen LogP contribution in [0.15, 0.2) is 29.3 Å². The first-order valence-electron chi connectivity index (χ1n) is 5.37. The third-order valence-electron chi connectivity index (χ3n) is 1.99. The van der Waals surface area contributed by atoms with Gasteiger partial charge in [-0.3, -0.25) is 4.99 Å². The van der Waals surface area contributed by atoms with E-state index in [0.29, 0.717) is 0 Å². The fourth-order valence-electron chi connectivity index (χ4n) is 1.19. The van der Waals surface area contributed by atoms with Crippen LogP contribution in [0.3, 0.4) is 0 Å². The Morgan fingerprint density at radius 1 is 1.25 bits per heavy atom. The van der Waals surface area contributed by atoms with Crippen LogP contribution in [0.25, 0.3) is 0 Å². The lowest BCUT2D eigenvalue weighted by Crippen LogP contribution is -2.19. The molecule has 1 aromatic rings. The Balaban J connectivity index is 2.55. The maximum atomic E-state index is 5.83. The number of rotatable bonds is 3. The van der Waals surface area contributed by atoms with E-state index in [1.54, 1.807) is 0 Å². The van der Waals surface area contributed by atoms with Crippen LogP contribution in [0.2, 0.25) is 5.02 Å². The van der Waals surface area contributed by atoms with Crippen molar-refractivity contribution >= 4 is 17.9 Å². The maximum Gasteiger partial charge on any atom is 0.0856 e. The number of hydrogen-bond donors (Lipinski definition) is 0. The summed E-state index contributed by atoms with van der Waals surface area (Å²) >= 11 is 5.83. The monoisotopic (exact) mass is 238 g/mol. The van der Waals surface area contributed by atoms with Crippen LogP contribution in [-0.4, -0.2) is 23.8 Å². The largest absolute Gasteiger partial charge is 0.362 e. The van der Waals surface area contributed by atoms with Crippen LogP contribution in [0.4, 0.5) is 0 Å². The third-order valence-corrected chi connectivity index (χ3v) is 2.24. The Morgan fingerprint density at radius 3 is 2.31 bits per heavy atom. The number of aliphatic imine (C=N–C) groups is 1. The molecule has 0 aliphatic carbocycles. The molecule has 0 atom stereocenters. The van der Waals surface area contributed by atoms with E-state index in [4.69, 9.17) is 11.6 Å². The van der Waals surface area contributed by atoms with Crippen molar-refractivity contribution < 1.29 is 0 Å². The molecule has 16 heavy (non-hydrogen) atoms. The summed E-state index contributed by atoms with van der Waals surface area (Å²) in [7, 11) is 2.02. The van der Waals surface area contributed by atoms with Crippen molar-refractivity contribution in [2.45, 2.75) is 32.9 Å². The lowest BCUT2D eigenvalue weighted by molar-refractivity contribution is 0.496. The summed E-state index contributed by atoms with van der Waals surface area (Å²) in [5.41, 5.74) is 1.21. The lowest BCUT2D eigenvalue weighted by Gasteiger charge is -2.17. The number of hydrogen-bond acceptors (Lipinski definition) is 1. The molecule has 0 saturated carbocycles. The summed E-state index contributed by atoms with van der Waals surface area (Å²) in [4.78, 5) is 6.51. The van der Waals surface area contributed by atoms with Gasteiger partial charge in [-0.1, -0.05) is 23.7 Å². The molecule has 1 rings (SSSR count). The summed E-state index contributed by atoms with van der Waals surface area (Å²) < 4.78 is 0. The van der Waals surface area contributed by atoms with Gasteiger partial charge in [-0.15, -0.1) is 0 Å². The predicted octanol–water partition coefficient (Wildman–Crippen LogP) is 3.60. The van der Waals surface area contributed by atoms with Gasteiger partial charge >= 0.3 is 0 Å². The number of halogens is 1. The molecule has 0 N–H and O–H groups in total. The van der Waals surface area contributed by atoms with Crippen molar-refractivity contribution in [1.29, 1.82) is 0 Å². The normalized spacial score (nSPS) is 12.1. The van der Waals surface area contributed by atoms with Gasteiger partial charge in [-0.2, -0.15) is 0 Å². The average molecular weight is 239 g/mol. The molecule has 0 unspecified atom stereocenters. The van der Waals surface area contributed by atoms with Crippen molar-refractivity contribution in [3.63, 3.8) is 0 Å². The van der Waals surface area contributed by atoms with E-state index in [-0.39, 0.29) is 5.54 Å². The Morgan fingerprint density at radius 2 is 1.81 bits per heavy atom. The second-order valence-corrected chi connectivity index (χ2v) is 5.39. The van der Waals surface area contributed by atoms with E-state index in [1.807, 2.05) is 37.7 Å². The van der Waals surface area contributed by atoms with Crippen molar-refractivity contribution in [2.75, 3.05) is 7.05 Å². The molecule has 0 bridgehead atoms. The molecule has 0 aliphatic rings. The van der Waals surface area contributed by atoms with Crippen molar-refractivity contribution in [2.24, 2.45) is 4.99 Å². The molecular weight excluding hydrogens is 220 g/mol. The summed E-state index contributed by atoms with van der Waals surface area (Å²) in [6, 6.07) is 7.88. The van der Waals surface area contributed by atoms with Gasteiger partial charge in [0.05, 0.1) is 11.9 Å². The smallest absolute Gasteiger partial charge is 0.0856 e. The van der Waals surface area contributed by atoms with Crippen LogP contribution >= 0.6 is 11.6 Å². The SMILES string of the molecule is CN(C=NC(C)(C)C)Cc1ccc(Cl)cc1. The zero-order valence-electron chi connectivity index (χ0n) is 10.4. The van der Waals surface area contributed by atoms with Crippen LogP contribution in [-0.2, 0) is 6.54 Å². The zero-order valence-corrected chi connectivity index (χ0v) is 11.1. The summed E-state index contributed by atoms with van der Waals surface area (Å²) in [6.07, 6.45) is 1.88. The molecule has 0 amide bonds. The van der Waals surface area contributed by atoms with Crippen LogP contribution in [0.5, 0.6) is 0 Å². The van der Waals surface area contributed by atoms with Crippen LogP contribution in [0, 0.1) is 0 Å². The van der Waals surface area contributed by atoms with E-state index in [2.05, 4.69) is 30.7 Å². The van der Waals surface area contributed by atoms with E-state index in [9.17, 15) is 0 Å². The predicted molar refractivity (Wildman–Crippen MR) is 71.2 cm³/mol. The highest BCUT2D eigenvalue weighted by Gasteiger charge is 2.05. The van der Waals surface area contributed by atoms with E-state index in [0.717, 1.165) is 11.6 Å². The standard InChI is InChI=1S/C13H19ClN2/c1-13(2,3)15-10-16(4)9-11-5-7-12(14)8-6-11/h5-8,10H,9H2,1-4H3. The second kappa shape index (κ2) is 5.35. The van der Waals surface area contributed by atoms with Gasteiger partial charge in [-0.25, -0.2) is 0 Å². The third kappa shape index (κ3) is 5.17. The summed E-state index contributed by atoms with van der Waals surface area (Å²) in [6.45, 7) is 7.09. The second-order valence-electron chi connectivity index (χ2n) is 4.96. The molecule has 3 heteroatoms. The van der Waals surface area contributed by atoms with Gasteiger partial charge in [0.1, 0.15) is 0 Å². The molecule has 0 spiro atoms. The molecule has 0 aliphatic heterocycles. The minimum absolute atomic E-state index is 0.0196. The zero-order chi connectivity index (χ0) is 12.2. The number of benzene rings is 1. The van der Waals surface area contributed by atoms with Gasteiger partial charge in [0.15, 0.2) is 0 Å². The summed E-state index contributed by atoms with van der Waals surface area (Å²) in [5.74, 6) is 0. The van der Waals surface area contributed by atoms with Crippen LogP contribution < -0.4 is 0 Å². The van der Waals surface area contributed by atoms with Crippen molar-refractivity contribution in [3.05, 3.63) is 34.9 Å². The highest BCUT2D eigenvalue weighted by molar-refractivity contribution is 6.30.